The number of urea groups is 1. The van der Waals surface area contributed by atoms with E-state index in [1.54, 1.807) is 0 Å². The summed E-state index contributed by atoms with van der Waals surface area (Å²) in [6, 6.07) is 0.0260. The van der Waals surface area contributed by atoms with Crippen LogP contribution < -0.4 is 16.6 Å². The highest BCUT2D eigenvalue weighted by atomic mass is 16.2. The summed E-state index contributed by atoms with van der Waals surface area (Å²) < 4.78 is 0. The van der Waals surface area contributed by atoms with E-state index in [0.29, 0.717) is 0 Å². The number of hydrogen-bond donors (Lipinski definition) is 3. The largest absolute Gasteiger partial charge is 0.334 e. The van der Waals surface area contributed by atoms with Gasteiger partial charge in [-0.05, 0) is 12.8 Å². The molecule has 0 aliphatic rings. The van der Waals surface area contributed by atoms with Crippen LogP contribution in [-0.2, 0) is 0 Å². The highest BCUT2D eigenvalue weighted by Crippen LogP contribution is 2.13. The maximum atomic E-state index is 11.3. The fourth-order valence-corrected chi connectivity index (χ4v) is 2.50. The lowest BCUT2D eigenvalue weighted by Crippen LogP contribution is -2.45. The van der Waals surface area contributed by atoms with Crippen LogP contribution in [0.4, 0.5) is 4.79 Å². The fraction of sp³-hybridized carbons (Fsp3) is 0.938. The van der Waals surface area contributed by atoms with Gasteiger partial charge in [-0.1, -0.05) is 78.1 Å². The van der Waals surface area contributed by atoms with Crippen molar-refractivity contribution in [3.63, 3.8) is 0 Å². The van der Waals surface area contributed by atoms with Crippen molar-refractivity contribution in [2.45, 2.75) is 96.9 Å². The molecule has 0 aliphatic heterocycles. The molecule has 0 aromatic carbocycles. The van der Waals surface area contributed by atoms with Gasteiger partial charge in [0, 0.05) is 6.04 Å². The molecule has 0 spiro atoms. The quantitative estimate of drug-likeness (QED) is 0.205. The summed E-state index contributed by atoms with van der Waals surface area (Å²) in [5, 5.41) is 2.97. The van der Waals surface area contributed by atoms with Gasteiger partial charge < -0.3 is 5.32 Å². The molecule has 0 saturated heterocycles. The Morgan fingerprint density at radius 3 is 1.80 bits per heavy atom. The summed E-state index contributed by atoms with van der Waals surface area (Å²) in [4.78, 5) is 11.3. The molecule has 4 nitrogen and oxygen atoms in total. The van der Waals surface area contributed by atoms with Crippen LogP contribution in [-0.4, -0.2) is 12.1 Å². The minimum atomic E-state index is -0.253. The van der Waals surface area contributed by atoms with Crippen molar-refractivity contribution >= 4 is 6.03 Å². The van der Waals surface area contributed by atoms with Crippen LogP contribution in [0.3, 0.4) is 0 Å². The van der Waals surface area contributed by atoms with Gasteiger partial charge in [0.2, 0.25) is 0 Å². The molecule has 0 saturated carbocycles. The maximum Gasteiger partial charge on any atom is 0.329 e. The first kappa shape index (κ1) is 19.2. The number of nitrogens with one attached hydrogen (secondary N) is 2. The predicted molar refractivity (Wildman–Crippen MR) is 86.4 cm³/mol. The number of unbranched alkanes of at least 4 members (excludes halogenated alkanes) is 8. The number of nitrogens with two attached hydrogens (primary N) is 1. The monoisotopic (exact) mass is 285 g/mol. The Labute approximate surface area is 125 Å². The van der Waals surface area contributed by atoms with Gasteiger partial charge in [-0.25, -0.2) is 10.6 Å². The highest BCUT2D eigenvalue weighted by molar-refractivity contribution is 5.73. The van der Waals surface area contributed by atoms with E-state index in [1.165, 1.54) is 64.2 Å². The van der Waals surface area contributed by atoms with Crippen LogP contribution in [0.5, 0.6) is 0 Å². The molecule has 0 heterocycles. The molecule has 120 valence electrons. The van der Waals surface area contributed by atoms with E-state index < -0.39 is 0 Å². The first-order valence-electron chi connectivity index (χ1n) is 8.51. The molecule has 0 aromatic rings. The van der Waals surface area contributed by atoms with Crippen LogP contribution in [0.1, 0.15) is 90.9 Å². The number of carbonyl (C=O) groups is 1. The van der Waals surface area contributed by atoms with E-state index in [2.05, 4.69) is 24.6 Å². The SMILES string of the molecule is CCCCCCCCC(CCCCCC)NC(=O)NN. The predicted octanol–water partition coefficient (Wildman–Crippen LogP) is 4.25. The molecule has 2 amide bonds. The third kappa shape index (κ3) is 12.3. The molecule has 0 aromatic heterocycles. The van der Waals surface area contributed by atoms with Gasteiger partial charge in [0.25, 0.3) is 0 Å². The van der Waals surface area contributed by atoms with Gasteiger partial charge in [0.05, 0.1) is 0 Å². The molecule has 4 N–H and O–H groups in total. The summed E-state index contributed by atoms with van der Waals surface area (Å²) in [6.07, 6.45) is 14.9. The maximum absolute atomic E-state index is 11.3. The Morgan fingerprint density at radius 2 is 1.30 bits per heavy atom. The van der Waals surface area contributed by atoms with E-state index >= 15 is 0 Å². The van der Waals surface area contributed by atoms with Crippen LogP contribution in [0.15, 0.2) is 0 Å². The van der Waals surface area contributed by atoms with Crippen LogP contribution >= 0.6 is 0 Å². The summed E-state index contributed by atoms with van der Waals surface area (Å²) in [5.74, 6) is 5.14. The standard InChI is InChI=1S/C16H35N3O/c1-3-5-7-9-10-12-14-15(18-16(20)19-17)13-11-8-6-4-2/h15H,3-14,17H2,1-2H3,(H2,18,19,20). The Bertz CT molecular complexity index is 222. The normalized spacial score (nSPS) is 12.2. The average molecular weight is 285 g/mol. The van der Waals surface area contributed by atoms with Crippen LogP contribution in [0.2, 0.25) is 0 Å². The fourth-order valence-electron chi connectivity index (χ4n) is 2.50. The average Bonchev–Trinajstić information content (AvgIpc) is 2.46. The van der Waals surface area contributed by atoms with Crippen molar-refractivity contribution in [2.24, 2.45) is 5.84 Å². The lowest BCUT2D eigenvalue weighted by atomic mass is 10.0. The summed E-state index contributed by atoms with van der Waals surface area (Å²) in [6.45, 7) is 4.45. The Kier molecular flexibility index (Phi) is 14.1. The molecular formula is C16H35N3O. The van der Waals surface area contributed by atoms with E-state index in [4.69, 9.17) is 5.84 Å². The summed E-state index contributed by atoms with van der Waals surface area (Å²) in [5.41, 5.74) is 2.17. The minimum Gasteiger partial charge on any atom is -0.334 e. The number of hydrogen-bond acceptors (Lipinski definition) is 2. The molecule has 0 radical (unpaired) electrons. The number of rotatable bonds is 13. The van der Waals surface area contributed by atoms with Crippen molar-refractivity contribution in [3.8, 4) is 0 Å². The number of carbonyl (C=O) groups excluding carboxylic acids is 1. The third-order valence-corrected chi connectivity index (χ3v) is 3.78. The second kappa shape index (κ2) is 14.6. The molecule has 0 rings (SSSR count). The lowest BCUT2D eigenvalue weighted by Gasteiger charge is -2.18. The van der Waals surface area contributed by atoms with Crippen molar-refractivity contribution < 1.29 is 4.79 Å². The third-order valence-electron chi connectivity index (χ3n) is 3.78. The van der Waals surface area contributed by atoms with E-state index in [-0.39, 0.29) is 12.1 Å². The van der Waals surface area contributed by atoms with Gasteiger partial charge >= 0.3 is 6.03 Å². The van der Waals surface area contributed by atoms with Crippen LogP contribution in [0.25, 0.3) is 0 Å². The first-order valence-corrected chi connectivity index (χ1v) is 8.51. The minimum absolute atomic E-state index is 0.253. The number of amides is 2. The number of hydrazine groups is 1. The van der Waals surface area contributed by atoms with Crippen molar-refractivity contribution in [1.29, 1.82) is 0 Å². The summed E-state index contributed by atoms with van der Waals surface area (Å²) in [7, 11) is 0. The van der Waals surface area contributed by atoms with Crippen LogP contribution in [0, 0.1) is 0 Å². The van der Waals surface area contributed by atoms with E-state index in [1.807, 2.05) is 0 Å². The zero-order chi connectivity index (χ0) is 15.1. The topological polar surface area (TPSA) is 67.2 Å². The Morgan fingerprint density at radius 1 is 0.850 bits per heavy atom. The Hall–Kier alpha value is -0.770. The summed E-state index contributed by atoms with van der Waals surface area (Å²) >= 11 is 0. The molecule has 0 aliphatic carbocycles. The molecule has 20 heavy (non-hydrogen) atoms. The molecule has 4 heteroatoms. The second-order valence-corrected chi connectivity index (χ2v) is 5.72. The van der Waals surface area contributed by atoms with E-state index in [9.17, 15) is 4.79 Å². The lowest BCUT2D eigenvalue weighted by molar-refractivity contribution is 0.235. The zero-order valence-electron chi connectivity index (χ0n) is 13.5. The molecule has 1 atom stereocenters. The first-order chi connectivity index (χ1) is 9.74. The second-order valence-electron chi connectivity index (χ2n) is 5.72. The van der Waals surface area contributed by atoms with Gasteiger partial charge in [0.1, 0.15) is 0 Å². The molecule has 0 fully saturated rings. The molecular weight excluding hydrogens is 250 g/mol. The van der Waals surface area contributed by atoms with Crippen molar-refractivity contribution in [2.75, 3.05) is 0 Å². The van der Waals surface area contributed by atoms with Gasteiger partial charge in [0.15, 0.2) is 0 Å². The zero-order valence-corrected chi connectivity index (χ0v) is 13.5. The smallest absolute Gasteiger partial charge is 0.329 e. The van der Waals surface area contributed by atoms with Crippen molar-refractivity contribution in [1.82, 2.24) is 10.7 Å². The van der Waals surface area contributed by atoms with Gasteiger partial charge in [-0.2, -0.15) is 0 Å². The molecule has 1 unspecified atom stereocenters. The molecule has 0 bridgehead atoms. The van der Waals surface area contributed by atoms with Gasteiger partial charge in [-0.3, -0.25) is 5.43 Å². The van der Waals surface area contributed by atoms with E-state index in [0.717, 1.165) is 12.8 Å². The van der Waals surface area contributed by atoms with Gasteiger partial charge in [-0.15, -0.1) is 0 Å². The Balaban J connectivity index is 3.77. The van der Waals surface area contributed by atoms with Crippen molar-refractivity contribution in [3.05, 3.63) is 0 Å². The highest BCUT2D eigenvalue weighted by Gasteiger charge is 2.10.